The summed E-state index contributed by atoms with van der Waals surface area (Å²) in [5.41, 5.74) is 9.47. The Morgan fingerprint density at radius 2 is 1.95 bits per heavy atom. The number of aryl methyl sites for hydroxylation is 1. The minimum atomic E-state index is 0.0822. The van der Waals surface area contributed by atoms with Gasteiger partial charge in [-0.3, -0.25) is 4.79 Å². The number of carbonyl (C=O) groups excluding carboxylic acids is 1. The largest absolute Gasteiger partial charge is 0.330 e. The predicted octanol–water partition coefficient (Wildman–Crippen LogP) is 2.73. The van der Waals surface area contributed by atoms with Crippen LogP contribution in [0.15, 0.2) is 48.5 Å². The molecule has 1 aromatic heterocycles. The molecule has 22 heavy (non-hydrogen) atoms. The molecule has 112 valence electrons. The lowest BCUT2D eigenvalue weighted by Gasteiger charge is -2.08. The van der Waals surface area contributed by atoms with Crippen LogP contribution in [-0.2, 0) is 13.0 Å². The molecule has 3 rings (SSSR count). The van der Waals surface area contributed by atoms with E-state index in [1.165, 1.54) is 0 Å². The lowest BCUT2D eigenvalue weighted by molar-refractivity contribution is 0.0972. The highest BCUT2D eigenvalue weighted by Gasteiger charge is 2.14. The number of hydrogen-bond donors (Lipinski definition) is 1. The van der Waals surface area contributed by atoms with Crippen LogP contribution in [0.4, 0.5) is 0 Å². The summed E-state index contributed by atoms with van der Waals surface area (Å²) in [6.07, 6.45) is 0.662. The maximum absolute atomic E-state index is 12.5. The molecule has 0 saturated carbocycles. The highest BCUT2D eigenvalue weighted by molar-refractivity contribution is 5.96. The van der Waals surface area contributed by atoms with E-state index >= 15 is 0 Å². The molecule has 2 N–H and O–H groups in total. The molecule has 4 nitrogen and oxygen atoms in total. The second-order valence-corrected chi connectivity index (χ2v) is 5.43. The van der Waals surface area contributed by atoms with Gasteiger partial charge in [-0.15, -0.1) is 0 Å². The SMILES string of the molecule is Cc1ccc2c(c1)nc(CCN)n2CC(=O)c1ccccc1. The number of fused-ring (bicyclic) bond motifs is 1. The lowest BCUT2D eigenvalue weighted by Crippen LogP contribution is -2.15. The van der Waals surface area contributed by atoms with Crippen LogP contribution in [0.3, 0.4) is 0 Å². The summed E-state index contributed by atoms with van der Waals surface area (Å²) in [7, 11) is 0. The highest BCUT2D eigenvalue weighted by Crippen LogP contribution is 2.19. The van der Waals surface area contributed by atoms with Crippen molar-refractivity contribution in [1.82, 2.24) is 9.55 Å². The Morgan fingerprint density at radius 1 is 1.18 bits per heavy atom. The Bertz CT molecular complexity index is 806. The molecule has 0 saturated heterocycles. The van der Waals surface area contributed by atoms with Crippen molar-refractivity contribution >= 4 is 16.8 Å². The molecule has 0 bridgehead atoms. The van der Waals surface area contributed by atoms with Crippen LogP contribution < -0.4 is 5.73 Å². The summed E-state index contributed by atoms with van der Waals surface area (Å²) in [6.45, 7) is 2.84. The van der Waals surface area contributed by atoms with Gasteiger partial charge in [0.2, 0.25) is 0 Å². The Labute approximate surface area is 129 Å². The molecule has 3 aromatic rings. The second kappa shape index (κ2) is 6.12. The summed E-state index contributed by atoms with van der Waals surface area (Å²) in [5, 5.41) is 0. The third-order valence-electron chi connectivity index (χ3n) is 3.75. The molecular weight excluding hydrogens is 274 g/mol. The van der Waals surface area contributed by atoms with Crippen LogP contribution in [0.25, 0.3) is 11.0 Å². The average Bonchev–Trinajstić information content (AvgIpc) is 2.85. The van der Waals surface area contributed by atoms with Gasteiger partial charge in [0, 0.05) is 12.0 Å². The molecule has 0 aliphatic heterocycles. The van der Waals surface area contributed by atoms with Gasteiger partial charge < -0.3 is 10.3 Å². The molecule has 0 aliphatic rings. The lowest BCUT2D eigenvalue weighted by atomic mass is 10.1. The smallest absolute Gasteiger partial charge is 0.182 e. The number of ketones is 1. The van der Waals surface area contributed by atoms with Crippen molar-refractivity contribution in [2.75, 3.05) is 6.54 Å². The normalized spacial score (nSPS) is 11.0. The number of imidazole rings is 1. The van der Waals surface area contributed by atoms with Gasteiger partial charge in [0.1, 0.15) is 5.82 Å². The number of hydrogen-bond acceptors (Lipinski definition) is 3. The zero-order valence-corrected chi connectivity index (χ0v) is 12.6. The molecule has 0 aliphatic carbocycles. The van der Waals surface area contributed by atoms with Crippen molar-refractivity contribution in [2.24, 2.45) is 5.73 Å². The van der Waals surface area contributed by atoms with E-state index in [0.717, 1.165) is 28.0 Å². The van der Waals surface area contributed by atoms with E-state index in [2.05, 4.69) is 4.98 Å². The van der Waals surface area contributed by atoms with Crippen LogP contribution in [-0.4, -0.2) is 21.9 Å². The average molecular weight is 293 g/mol. The summed E-state index contributed by atoms with van der Waals surface area (Å²) in [4.78, 5) is 17.1. The molecule has 1 heterocycles. The van der Waals surface area contributed by atoms with E-state index in [-0.39, 0.29) is 5.78 Å². The van der Waals surface area contributed by atoms with Gasteiger partial charge in [-0.1, -0.05) is 36.4 Å². The fourth-order valence-corrected chi connectivity index (χ4v) is 2.65. The van der Waals surface area contributed by atoms with Gasteiger partial charge in [0.15, 0.2) is 5.78 Å². The summed E-state index contributed by atoms with van der Waals surface area (Å²) in [5.74, 6) is 0.950. The third kappa shape index (κ3) is 2.78. The first kappa shape index (κ1) is 14.5. The van der Waals surface area contributed by atoms with Gasteiger partial charge >= 0.3 is 0 Å². The second-order valence-electron chi connectivity index (χ2n) is 5.43. The maximum Gasteiger partial charge on any atom is 0.182 e. The summed E-state index contributed by atoms with van der Waals surface area (Å²) in [6, 6.07) is 15.5. The molecule has 0 fully saturated rings. The standard InChI is InChI=1S/C18H19N3O/c1-13-7-8-16-15(11-13)20-18(9-10-19)21(16)12-17(22)14-5-3-2-4-6-14/h2-8,11H,9-10,12,19H2,1H3. The number of carbonyl (C=O) groups is 1. The van der Waals surface area contributed by atoms with Crippen LogP contribution >= 0.6 is 0 Å². The van der Waals surface area contributed by atoms with E-state index in [9.17, 15) is 4.79 Å². The first-order valence-electron chi connectivity index (χ1n) is 7.43. The number of nitrogens with two attached hydrogens (primary N) is 1. The van der Waals surface area contributed by atoms with E-state index in [1.54, 1.807) is 0 Å². The van der Waals surface area contributed by atoms with E-state index < -0.39 is 0 Å². The number of benzene rings is 2. The van der Waals surface area contributed by atoms with Crippen LogP contribution in [0.1, 0.15) is 21.7 Å². The molecule has 0 atom stereocenters. The Balaban J connectivity index is 2.01. The van der Waals surface area contributed by atoms with Gasteiger partial charge in [0.05, 0.1) is 17.6 Å². The summed E-state index contributed by atoms with van der Waals surface area (Å²) >= 11 is 0. The van der Waals surface area contributed by atoms with Crippen LogP contribution in [0.5, 0.6) is 0 Å². The molecule has 0 amide bonds. The number of aromatic nitrogens is 2. The zero-order chi connectivity index (χ0) is 15.5. The third-order valence-corrected chi connectivity index (χ3v) is 3.75. The van der Waals surface area contributed by atoms with Gasteiger partial charge in [-0.25, -0.2) is 4.98 Å². The predicted molar refractivity (Wildman–Crippen MR) is 88.0 cm³/mol. The molecule has 2 aromatic carbocycles. The quantitative estimate of drug-likeness (QED) is 0.736. The Morgan fingerprint density at radius 3 is 2.68 bits per heavy atom. The monoisotopic (exact) mass is 293 g/mol. The van der Waals surface area contributed by atoms with Crippen molar-refractivity contribution in [2.45, 2.75) is 19.9 Å². The minimum absolute atomic E-state index is 0.0822. The van der Waals surface area contributed by atoms with E-state index in [0.29, 0.717) is 19.5 Å². The minimum Gasteiger partial charge on any atom is -0.330 e. The fraction of sp³-hybridized carbons (Fsp3) is 0.222. The van der Waals surface area contributed by atoms with Crippen molar-refractivity contribution in [3.63, 3.8) is 0 Å². The van der Waals surface area contributed by atoms with Crippen molar-refractivity contribution in [3.05, 3.63) is 65.5 Å². The van der Waals surface area contributed by atoms with Crippen molar-refractivity contribution in [1.29, 1.82) is 0 Å². The van der Waals surface area contributed by atoms with Gasteiger partial charge in [-0.05, 0) is 31.2 Å². The topological polar surface area (TPSA) is 60.9 Å². The molecule has 0 spiro atoms. The number of Topliss-reactive ketones (excluding diaryl/α,β-unsaturated/α-hetero) is 1. The first-order chi connectivity index (χ1) is 10.7. The molecule has 0 radical (unpaired) electrons. The van der Waals surface area contributed by atoms with E-state index in [4.69, 9.17) is 5.73 Å². The molecular formula is C18H19N3O. The van der Waals surface area contributed by atoms with Crippen LogP contribution in [0.2, 0.25) is 0 Å². The Hall–Kier alpha value is -2.46. The van der Waals surface area contributed by atoms with Gasteiger partial charge in [-0.2, -0.15) is 0 Å². The van der Waals surface area contributed by atoms with Crippen LogP contribution in [0, 0.1) is 6.92 Å². The maximum atomic E-state index is 12.5. The zero-order valence-electron chi connectivity index (χ0n) is 12.6. The Kier molecular flexibility index (Phi) is 4.02. The highest BCUT2D eigenvalue weighted by atomic mass is 16.1. The van der Waals surface area contributed by atoms with E-state index in [1.807, 2.05) is 60.0 Å². The fourth-order valence-electron chi connectivity index (χ4n) is 2.65. The molecule has 0 unspecified atom stereocenters. The van der Waals surface area contributed by atoms with Crippen molar-refractivity contribution < 1.29 is 4.79 Å². The first-order valence-corrected chi connectivity index (χ1v) is 7.43. The number of nitrogens with zero attached hydrogens (tertiary/aromatic N) is 2. The van der Waals surface area contributed by atoms with Crippen molar-refractivity contribution in [3.8, 4) is 0 Å². The number of rotatable bonds is 5. The van der Waals surface area contributed by atoms with Gasteiger partial charge in [0.25, 0.3) is 0 Å². The summed E-state index contributed by atoms with van der Waals surface area (Å²) < 4.78 is 1.98. The molecule has 4 heteroatoms.